The highest BCUT2D eigenvalue weighted by molar-refractivity contribution is 6.30. The number of fused-ring (bicyclic) bond motifs is 1. The SMILES string of the molecule is CC(C)COc1ccc(N2CC(O)=C(c3nc4ccc(N5CCN(C)CC5)cc4[nH]3)C2=N)cc1. The molecule has 1 saturated heterocycles. The lowest BCUT2D eigenvalue weighted by Crippen LogP contribution is -2.44. The van der Waals surface area contributed by atoms with Gasteiger partial charge in [0.05, 0.1) is 29.8 Å². The van der Waals surface area contributed by atoms with Crippen molar-refractivity contribution in [3.8, 4) is 5.75 Å². The molecule has 0 spiro atoms. The van der Waals surface area contributed by atoms with Crippen LogP contribution in [0.15, 0.2) is 48.2 Å². The number of amidine groups is 1. The molecule has 0 aliphatic carbocycles. The first-order valence-electron chi connectivity index (χ1n) is 11.8. The molecule has 0 unspecified atom stereocenters. The van der Waals surface area contributed by atoms with Crippen LogP contribution < -0.4 is 14.5 Å². The molecule has 1 aromatic heterocycles. The van der Waals surface area contributed by atoms with Crippen LogP contribution in [0.5, 0.6) is 5.75 Å². The zero-order chi connectivity index (χ0) is 23.8. The second-order valence-electron chi connectivity index (χ2n) is 9.53. The number of likely N-dealkylation sites (N-methyl/N-ethyl adjacent to an activating group) is 1. The molecule has 178 valence electrons. The summed E-state index contributed by atoms with van der Waals surface area (Å²) in [7, 11) is 2.15. The Labute approximate surface area is 200 Å². The van der Waals surface area contributed by atoms with Crippen molar-refractivity contribution in [2.45, 2.75) is 13.8 Å². The predicted octanol–water partition coefficient (Wildman–Crippen LogP) is 4.12. The number of nitrogens with zero attached hydrogens (tertiary/aromatic N) is 4. The molecule has 3 aromatic rings. The average molecular weight is 461 g/mol. The van der Waals surface area contributed by atoms with Crippen molar-refractivity contribution < 1.29 is 9.84 Å². The number of benzene rings is 2. The molecule has 0 saturated carbocycles. The minimum absolute atomic E-state index is 0.142. The maximum atomic E-state index is 10.8. The normalized spacial score (nSPS) is 17.5. The molecule has 0 atom stereocenters. The Hall–Kier alpha value is -3.52. The molecule has 2 aromatic carbocycles. The van der Waals surface area contributed by atoms with Gasteiger partial charge in [0.1, 0.15) is 23.2 Å². The van der Waals surface area contributed by atoms with Crippen LogP contribution in [0.25, 0.3) is 16.6 Å². The molecule has 5 rings (SSSR count). The lowest BCUT2D eigenvalue weighted by atomic mass is 10.2. The molecule has 8 heteroatoms. The zero-order valence-electron chi connectivity index (χ0n) is 20.0. The number of aliphatic hydroxyl groups excluding tert-OH is 1. The molecule has 3 N–H and O–H groups in total. The van der Waals surface area contributed by atoms with Gasteiger partial charge >= 0.3 is 0 Å². The van der Waals surface area contributed by atoms with Crippen LogP contribution in [-0.4, -0.2) is 72.2 Å². The van der Waals surface area contributed by atoms with Gasteiger partial charge in [0, 0.05) is 37.6 Å². The Bertz CT molecular complexity index is 1220. The smallest absolute Gasteiger partial charge is 0.145 e. The van der Waals surface area contributed by atoms with Gasteiger partial charge in [-0.15, -0.1) is 0 Å². The largest absolute Gasteiger partial charge is 0.509 e. The third-order valence-electron chi connectivity index (χ3n) is 6.41. The van der Waals surface area contributed by atoms with Gasteiger partial charge in [0.2, 0.25) is 0 Å². The summed E-state index contributed by atoms with van der Waals surface area (Å²) in [6.45, 7) is 9.21. The summed E-state index contributed by atoms with van der Waals surface area (Å²) >= 11 is 0. The fraction of sp³-hybridized carbons (Fsp3) is 0.385. The van der Waals surface area contributed by atoms with E-state index in [1.165, 1.54) is 0 Å². The fourth-order valence-corrected chi connectivity index (χ4v) is 4.41. The molecule has 0 radical (unpaired) electrons. The van der Waals surface area contributed by atoms with E-state index in [1.54, 1.807) is 4.90 Å². The van der Waals surface area contributed by atoms with Crippen molar-refractivity contribution in [2.24, 2.45) is 5.92 Å². The zero-order valence-corrected chi connectivity index (χ0v) is 20.0. The molecule has 3 heterocycles. The van der Waals surface area contributed by atoms with Gasteiger partial charge in [-0.05, 0) is 55.4 Å². The number of imidazole rings is 1. The number of nitrogens with one attached hydrogen (secondary N) is 2. The van der Waals surface area contributed by atoms with E-state index < -0.39 is 0 Å². The Morgan fingerprint density at radius 1 is 1.06 bits per heavy atom. The van der Waals surface area contributed by atoms with Crippen molar-refractivity contribution in [3.05, 3.63) is 54.0 Å². The molecular formula is C26H32N6O2. The molecule has 0 amide bonds. The van der Waals surface area contributed by atoms with Gasteiger partial charge in [-0.1, -0.05) is 13.8 Å². The van der Waals surface area contributed by atoms with Crippen molar-refractivity contribution >= 4 is 33.8 Å². The van der Waals surface area contributed by atoms with E-state index in [1.807, 2.05) is 30.3 Å². The first-order chi connectivity index (χ1) is 16.4. The van der Waals surface area contributed by atoms with Crippen molar-refractivity contribution in [3.63, 3.8) is 0 Å². The maximum Gasteiger partial charge on any atom is 0.145 e. The summed E-state index contributed by atoms with van der Waals surface area (Å²) in [6.07, 6.45) is 0. The Kier molecular flexibility index (Phi) is 5.91. The molecule has 8 nitrogen and oxygen atoms in total. The van der Waals surface area contributed by atoms with Crippen LogP contribution in [0.4, 0.5) is 11.4 Å². The van der Waals surface area contributed by atoms with E-state index in [9.17, 15) is 5.11 Å². The predicted molar refractivity (Wildman–Crippen MR) is 137 cm³/mol. The van der Waals surface area contributed by atoms with Gasteiger partial charge in [0.25, 0.3) is 0 Å². The fourth-order valence-electron chi connectivity index (χ4n) is 4.41. The molecular weight excluding hydrogens is 428 g/mol. The third-order valence-corrected chi connectivity index (χ3v) is 6.41. The van der Waals surface area contributed by atoms with Gasteiger partial charge in [0.15, 0.2) is 0 Å². The van der Waals surface area contributed by atoms with Crippen LogP contribution in [-0.2, 0) is 0 Å². The first kappa shape index (κ1) is 22.3. The van der Waals surface area contributed by atoms with E-state index in [4.69, 9.17) is 10.1 Å². The van der Waals surface area contributed by atoms with Crippen molar-refractivity contribution in [2.75, 3.05) is 56.2 Å². The summed E-state index contributed by atoms with van der Waals surface area (Å²) in [5, 5.41) is 19.5. The number of aromatic amines is 1. The van der Waals surface area contributed by atoms with Gasteiger partial charge in [-0.2, -0.15) is 0 Å². The summed E-state index contributed by atoms with van der Waals surface area (Å²) in [4.78, 5) is 14.5. The van der Waals surface area contributed by atoms with Crippen LogP contribution in [0.1, 0.15) is 19.7 Å². The van der Waals surface area contributed by atoms with Gasteiger partial charge < -0.3 is 29.5 Å². The minimum atomic E-state index is 0.142. The van der Waals surface area contributed by atoms with Crippen LogP contribution in [0.2, 0.25) is 0 Å². The maximum absolute atomic E-state index is 10.8. The number of rotatable bonds is 6. The Morgan fingerprint density at radius 2 is 1.76 bits per heavy atom. The van der Waals surface area contributed by atoms with Gasteiger partial charge in [-0.3, -0.25) is 5.41 Å². The first-order valence-corrected chi connectivity index (χ1v) is 11.8. The van der Waals surface area contributed by atoms with E-state index >= 15 is 0 Å². The Morgan fingerprint density at radius 3 is 2.47 bits per heavy atom. The molecule has 1 fully saturated rings. The quantitative estimate of drug-likeness (QED) is 0.513. The molecule has 34 heavy (non-hydrogen) atoms. The molecule has 0 bridgehead atoms. The molecule has 2 aliphatic rings. The minimum Gasteiger partial charge on any atom is -0.509 e. The van der Waals surface area contributed by atoms with E-state index in [0.717, 1.165) is 54.3 Å². The number of anilines is 2. The van der Waals surface area contributed by atoms with Crippen LogP contribution in [0, 0.1) is 11.3 Å². The number of aliphatic hydroxyl groups is 1. The van der Waals surface area contributed by atoms with E-state index in [-0.39, 0.29) is 18.1 Å². The highest BCUT2D eigenvalue weighted by Gasteiger charge is 2.31. The van der Waals surface area contributed by atoms with Crippen LogP contribution in [0.3, 0.4) is 0 Å². The standard InChI is InChI=1S/C26H32N6O2/c1-17(2)16-34-20-7-4-18(5-8-20)32-15-23(33)24(25(32)27)26-28-21-9-6-19(14-22(21)29-26)31-12-10-30(3)11-13-31/h4-9,14,17,27,33H,10-13,15-16H2,1-3H3,(H,28,29). The second-order valence-corrected chi connectivity index (χ2v) is 9.53. The van der Waals surface area contributed by atoms with Crippen molar-refractivity contribution in [1.29, 1.82) is 5.41 Å². The topological polar surface area (TPSA) is 91.7 Å². The van der Waals surface area contributed by atoms with Crippen molar-refractivity contribution in [1.82, 2.24) is 14.9 Å². The molecule has 2 aliphatic heterocycles. The van der Waals surface area contributed by atoms with E-state index in [0.29, 0.717) is 23.9 Å². The lowest BCUT2D eigenvalue weighted by Gasteiger charge is -2.34. The Balaban J connectivity index is 1.34. The number of aromatic nitrogens is 2. The summed E-state index contributed by atoms with van der Waals surface area (Å²) in [5.41, 5.74) is 4.17. The third kappa shape index (κ3) is 4.33. The number of hydrogen-bond acceptors (Lipinski definition) is 6. The number of H-pyrrole nitrogens is 1. The number of ether oxygens (including phenoxy) is 1. The van der Waals surface area contributed by atoms with Gasteiger partial charge in [-0.25, -0.2) is 4.98 Å². The van der Waals surface area contributed by atoms with E-state index in [2.05, 4.69) is 52.8 Å². The summed E-state index contributed by atoms with van der Waals surface area (Å²) in [6, 6.07) is 13.9. The lowest BCUT2D eigenvalue weighted by molar-refractivity contribution is 0.271. The highest BCUT2D eigenvalue weighted by Crippen LogP contribution is 2.32. The van der Waals surface area contributed by atoms with Crippen LogP contribution >= 0.6 is 0 Å². The summed E-state index contributed by atoms with van der Waals surface area (Å²) in [5.74, 6) is 2.15. The monoisotopic (exact) mass is 460 g/mol. The average Bonchev–Trinajstić information content (AvgIpc) is 3.37. The summed E-state index contributed by atoms with van der Waals surface area (Å²) < 4.78 is 5.76. The highest BCUT2D eigenvalue weighted by atomic mass is 16.5. The number of hydrogen-bond donors (Lipinski definition) is 3. The number of piperazine rings is 1. The second kappa shape index (κ2) is 9.02.